The van der Waals surface area contributed by atoms with Crippen molar-refractivity contribution in [1.82, 2.24) is 14.9 Å². The van der Waals surface area contributed by atoms with Gasteiger partial charge < -0.3 is 9.64 Å². The molecule has 1 aromatic heterocycles. The summed E-state index contributed by atoms with van der Waals surface area (Å²) in [5.74, 6) is 0.0532. The van der Waals surface area contributed by atoms with Gasteiger partial charge in [0, 0.05) is 30.4 Å². The van der Waals surface area contributed by atoms with E-state index in [9.17, 15) is 4.79 Å². The normalized spacial score (nSPS) is 18.0. The van der Waals surface area contributed by atoms with Crippen LogP contribution in [0.3, 0.4) is 0 Å². The number of nitrogens with zero attached hydrogens (tertiary/aromatic N) is 3. The van der Waals surface area contributed by atoms with Crippen LogP contribution in [0.2, 0.25) is 0 Å². The molecule has 2 heterocycles. The third-order valence-electron chi connectivity index (χ3n) is 3.10. The first-order valence-electron chi connectivity index (χ1n) is 6.87. The predicted octanol–water partition coefficient (Wildman–Crippen LogP) is 2.04. The Hall–Kier alpha value is -1.91. The fraction of sp³-hybridized carbons (Fsp3) is 0.533. The van der Waals surface area contributed by atoms with Gasteiger partial charge in [0.15, 0.2) is 0 Å². The molecule has 1 unspecified atom stereocenters. The Labute approximate surface area is 119 Å². The number of ether oxygens (including phenoxy) is 1. The van der Waals surface area contributed by atoms with E-state index in [2.05, 4.69) is 9.97 Å². The quantitative estimate of drug-likeness (QED) is 0.792. The van der Waals surface area contributed by atoms with Crippen LogP contribution in [0.5, 0.6) is 6.01 Å². The van der Waals surface area contributed by atoms with E-state index in [1.54, 1.807) is 11.0 Å². The number of aryl methyl sites for hydroxylation is 2. The Bertz CT molecular complexity index is 516. The van der Waals surface area contributed by atoms with E-state index >= 15 is 0 Å². The predicted molar refractivity (Wildman–Crippen MR) is 76.6 cm³/mol. The van der Waals surface area contributed by atoms with Gasteiger partial charge >= 0.3 is 6.01 Å². The van der Waals surface area contributed by atoms with Gasteiger partial charge in [-0.05, 0) is 33.8 Å². The van der Waals surface area contributed by atoms with E-state index in [1.165, 1.54) is 0 Å². The van der Waals surface area contributed by atoms with Crippen LogP contribution in [0, 0.1) is 13.8 Å². The van der Waals surface area contributed by atoms with Gasteiger partial charge in [-0.25, -0.2) is 9.97 Å². The lowest BCUT2D eigenvalue weighted by Crippen LogP contribution is -2.30. The molecular formula is C15H21N3O2. The number of carbonyl (C=O) groups is 1. The summed E-state index contributed by atoms with van der Waals surface area (Å²) in [6.07, 6.45) is 2.46. The molecule has 0 N–H and O–H groups in total. The van der Waals surface area contributed by atoms with Crippen LogP contribution >= 0.6 is 0 Å². The molecule has 0 bridgehead atoms. The molecule has 1 aliphatic heterocycles. The maximum atomic E-state index is 11.9. The number of hydrogen-bond acceptors (Lipinski definition) is 4. The van der Waals surface area contributed by atoms with E-state index in [-0.39, 0.29) is 12.0 Å². The number of aromatic nitrogens is 2. The molecule has 0 aromatic carbocycles. The molecule has 108 valence electrons. The van der Waals surface area contributed by atoms with Gasteiger partial charge in [-0.3, -0.25) is 4.79 Å². The fourth-order valence-electron chi connectivity index (χ4n) is 2.26. The second kappa shape index (κ2) is 6.03. The van der Waals surface area contributed by atoms with Crippen molar-refractivity contribution < 1.29 is 9.53 Å². The lowest BCUT2D eigenvalue weighted by molar-refractivity contribution is -0.125. The SMILES string of the molecule is CC(C)=CC(=O)N1CCC(Oc2nc(C)cc(C)n2)C1. The molecular weight excluding hydrogens is 254 g/mol. The maximum Gasteiger partial charge on any atom is 0.317 e. The lowest BCUT2D eigenvalue weighted by Gasteiger charge is -2.15. The molecule has 1 aromatic rings. The Kier molecular flexibility index (Phi) is 4.37. The Morgan fingerprint density at radius 3 is 2.60 bits per heavy atom. The van der Waals surface area contributed by atoms with Gasteiger partial charge in [0.1, 0.15) is 6.10 Å². The summed E-state index contributed by atoms with van der Waals surface area (Å²) in [6, 6.07) is 2.32. The summed E-state index contributed by atoms with van der Waals surface area (Å²) in [5, 5.41) is 0. The highest BCUT2D eigenvalue weighted by molar-refractivity contribution is 5.88. The van der Waals surface area contributed by atoms with Crippen LogP contribution < -0.4 is 4.74 Å². The van der Waals surface area contributed by atoms with Gasteiger partial charge in [-0.15, -0.1) is 0 Å². The summed E-state index contributed by atoms with van der Waals surface area (Å²) in [6.45, 7) is 9.00. The maximum absolute atomic E-state index is 11.9. The molecule has 1 aliphatic rings. The smallest absolute Gasteiger partial charge is 0.317 e. The van der Waals surface area contributed by atoms with Gasteiger partial charge in [-0.2, -0.15) is 0 Å². The first-order valence-corrected chi connectivity index (χ1v) is 6.87. The number of carbonyl (C=O) groups excluding carboxylic acids is 1. The zero-order valence-corrected chi connectivity index (χ0v) is 12.5. The standard InChI is InChI=1S/C15H21N3O2/c1-10(2)7-14(19)18-6-5-13(9-18)20-15-16-11(3)8-12(4)17-15/h7-8,13H,5-6,9H2,1-4H3. The molecule has 0 aliphatic carbocycles. The lowest BCUT2D eigenvalue weighted by atomic mass is 10.3. The van der Waals surface area contributed by atoms with Gasteiger partial charge in [-0.1, -0.05) is 5.57 Å². The van der Waals surface area contributed by atoms with Crippen molar-refractivity contribution in [3.8, 4) is 6.01 Å². The van der Waals surface area contributed by atoms with Crippen molar-refractivity contribution in [2.24, 2.45) is 0 Å². The van der Waals surface area contributed by atoms with Crippen LogP contribution in [-0.2, 0) is 4.79 Å². The first-order chi connectivity index (χ1) is 9.44. The van der Waals surface area contributed by atoms with Gasteiger partial charge in [0.2, 0.25) is 5.91 Å². The molecule has 1 fully saturated rings. The second-order valence-corrected chi connectivity index (χ2v) is 5.47. The van der Waals surface area contributed by atoms with Crippen molar-refractivity contribution in [2.45, 2.75) is 40.2 Å². The summed E-state index contributed by atoms with van der Waals surface area (Å²) in [5.41, 5.74) is 2.79. The van der Waals surface area contributed by atoms with Crippen molar-refractivity contribution >= 4 is 5.91 Å². The van der Waals surface area contributed by atoms with Crippen LogP contribution in [0.15, 0.2) is 17.7 Å². The minimum Gasteiger partial charge on any atom is -0.458 e. The minimum atomic E-state index is -0.0225. The van der Waals surface area contributed by atoms with E-state index in [1.807, 2.05) is 33.8 Å². The second-order valence-electron chi connectivity index (χ2n) is 5.47. The van der Waals surface area contributed by atoms with Gasteiger partial charge in [0.25, 0.3) is 0 Å². The van der Waals surface area contributed by atoms with Crippen molar-refractivity contribution in [1.29, 1.82) is 0 Å². The molecule has 0 radical (unpaired) electrons. The average Bonchev–Trinajstić information content (AvgIpc) is 2.75. The molecule has 2 rings (SSSR count). The molecule has 5 heteroatoms. The van der Waals surface area contributed by atoms with E-state index in [0.29, 0.717) is 12.6 Å². The molecule has 1 atom stereocenters. The van der Waals surface area contributed by atoms with Crippen molar-refractivity contribution in [2.75, 3.05) is 13.1 Å². The summed E-state index contributed by atoms with van der Waals surface area (Å²) in [7, 11) is 0. The highest BCUT2D eigenvalue weighted by Gasteiger charge is 2.27. The summed E-state index contributed by atoms with van der Waals surface area (Å²) < 4.78 is 5.79. The number of likely N-dealkylation sites (tertiary alicyclic amines) is 1. The van der Waals surface area contributed by atoms with E-state index < -0.39 is 0 Å². The largest absolute Gasteiger partial charge is 0.458 e. The van der Waals surface area contributed by atoms with Crippen LogP contribution in [0.1, 0.15) is 31.7 Å². The third-order valence-corrected chi connectivity index (χ3v) is 3.10. The van der Waals surface area contributed by atoms with Crippen LogP contribution in [0.25, 0.3) is 0 Å². The zero-order chi connectivity index (χ0) is 14.7. The molecule has 0 saturated carbocycles. The van der Waals surface area contributed by atoms with Crippen molar-refractivity contribution in [3.05, 3.63) is 29.1 Å². The molecule has 20 heavy (non-hydrogen) atoms. The van der Waals surface area contributed by atoms with E-state index in [4.69, 9.17) is 4.74 Å². The zero-order valence-electron chi connectivity index (χ0n) is 12.5. The summed E-state index contributed by atoms with van der Waals surface area (Å²) >= 11 is 0. The average molecular weight is 275 g/mol. The first kappa shape index (κ1) is 14.5. The number of allylic oxidation sites excluding steroid dienone is 1. The summed E-state index contributed by atoms with van der Waals surface area (Å²) in [4.78, 5) is 22.3. The van der Waals surface area contributed by atoms with Crippen molar-refractivity contribution in [3.63, 3.8) is 0 Å². The Morgan fingerprint density at radius 2 is 2.00 bits per heavy atom. The fourth-order valence-corrected chi connectivity index (χ4v) is 2.26. The van der Waals surface area contributed by atoms with Crippen LogP contribution in [0.4, 0.5) is 0 Å². The van der Waals surface area contributed by atoms with Gasteiger partial charge in [0.05, 0.1) is 6.54 Å². The number of rotatable bonds is 3. The molecule has 0 spiro atoms. The highest BCUT2D eigenvalue weighted by atomic mass is 16.5. The third kappa shape index (κ3) is 3.79. The van der Waals surface area contributed by atoms with Crippen LogP contribution in [-0.4, -0.2) is 40.0 Å². The Morgan fingerprint density at radius 1 is 1.35 bits per heavy atom. The van der Waals surface area contributed by atoms with E-state index in [0.717, 1.165) is 29.9 Å². The Balaban J connectivity index is 1.96. The number of amides is 1. The highest BCUT2D eigenvalue weighted by Crippen LogP contribution is 2.16. The molecule has 5 nitrogen and oxygen atoms in total. The molecule has 1 saturated heterocycles. The number of hydrogen-bond donors (Lipinski definition) is 0. The minimum absolute atomic E-state index is 0.0225. The monoisotopic (exact) mass is 275 g/mol. The topological polar surface area (TPSA) is 55.3 Å². The molecule has 1 amide bonds.